The maximum absolute atomic E-state index is 13.2. The fourth-order valence-corrected chi connectivity index (χ4v) is 4.24. The molecule has 0 spiro atoms. The highest BCUT2D eigenvalue weighted by molar-refractivity contribution is 8.18. The van der Waals surface area contributed by atoms with Crippen LogP contribution >= 0.6 is 11.8 Å². The van der Waals surface area contributed by atoms with E-state index in [-0.39, 0.29) is 23.8 Å². The van der Waals surface area contributed by atoms with Gasteiger partial charge in [-0.25, -0.2) is 14.2 Å². The number of aliphatic hydroxyl groups is 1. The number of carbonyl (C=O) groups is 1. The van der Waals surface area contributed by atoms with E-state index >= 15 is 0 Å². The maximum Gasteiger partial charge on any atom is 0.344 e. The molecule has 34 heavy (non-hydrogen) atoms. The van der Waals surface area contributed by atoms with Crippen molar-refractivity contribution in [2.75, 3.05) is 13.2 Å². The summed E-state index contributed by atoms with van der Waals surface area (Å²) in [4.78, 5) is 17.5. The third-order valence-electron chi connectivity index (χ3n) is 4.78. The molecule has 0 unspecified atom stereocenters. The van der Waals surface area contributed by atoms with Crippen molar-refractivity contribution in [3.63, 3.8) is 0 Å². The Hall–Kier alpha value is -3.78. The third kappa shape index (κ3) is 5.23. The zero-order valence-corrected chi connectivity index (χ0v) is 19.4. The molecule has 0 bridgehead atoms. The van der Waals surface area contributed by atoms with Crippen LogP contribution in [-0.4, -0.2) is 29.3 Å². The normalized spacial score (nSPS) is 15.9. The Morgan fingerprint density at radius 3 is 2.47 bits per heavy atom. The number of aliphatic hydroxyl groups excluding tert-OH is 1. The Bertz CT molecular complexity index is 1270. The molecule has 0 fully saturated rings. The van der Waals surface area contributed by atoms with Gasteiger partial charge >= 0.3 is 5.97 Å². The predicted molar refractivity (Wildman–Crippen MR) is 131 cm³/mol. The van der Waals surface area contributed by atoms with E-state index in [4.69, 9.17) is 13.9 Å². The number of carbonyl (C=O) groups excluding carboxylic acids is 1. The zero-order valence-electron chi connectivity index (χ0n) is 18.6. The van der Waals surface area contributed by atoms with Gasteiger partial charge in [-0.15, -0.1) is 0 Å². The largest absolute Gasteiger partial charge is 0.506 e. The molecule has 1 aliphatic heterocycles. The molecule has 2 heterocycles. The van der Waals surface area contributed by atoms with E-state index in [1.807, 2.05) is 6.92 Å². The van der Waals surface area contributed by atoms with Crippen LogP contribution in [-0.2, 0) is 9.53 Å². The maximum atomic E-state index is 13.2. The molecule has 2 aromatic carbocycles. The number of hydrogen-bond acceptors (Lipinski definition) is 7. The molecule has 1 N–H and O–H groups in total. The Kier molecular flexibility index (Phi) is 7.18. The SMILES string of the molecule is CCOC(=O)C1=C(O)/C(=C/c2ccc(-c3ccc(F)cc3)o2)SC1=Nc1ccc(OCC)cc1. The number of halogens is 1. The predicted octanol–water partition coefficient (Wildman–Crippen LogP) is 6.68. The van der Waals surface area contributed by atoms with Crippen molar-refractivity contribution in [1.29, 1.82) is 0 Å². The van der Waals surface area contributed by atoms with Gasteiger partial charge in [0, 0.05) is 5.56 Å². The first-order valence-electron chi connectivity index (χ1n) is 10.7. The Morgan fingerprint density at radius 1 is 1.06 bits per heavy atom. The second kappa shape index (κ2) is 10.4. The smallest absolute Gasteiger partial charge is 0.344 e. The molecule has 8 heteroatoms. The number of hydrogen-bond donors (Lipinski definition) is 1. The lowest BCUT2D eigenvalue weighted by atomic mass is 10.2. The minimum atomic E-state index is -0.660. The van der Waals surface area contributed by atoms with Gasteiger partial charge in [0.25, 0.3) is 0 Å². The topological polar surface area (TPSA) is 81.3 Å². The molecule has 0 saturated heterocycles. The molecule has 0 aliphatic carbocycles. The standard InChI is InChI=1S/C26H22FNO5S/c1-3-31-19-11-9-18(10-12-19)28-25-23(26(30)32-4-2)24(29)22(34-25)15-20-13-14-21(33-20)16-5-7-17(27)8-6-16/h5-15,29H,3-4H2,1-2H3/b22-15-,28-25?. The highest BCUT2D eigenvalue weighted by atomic mass is 32.2. The van der Waals surface area contributed by atoms with Gasteiger partial charge in [0.05, 0.1) is 23.8 Å². The van der Waals surface area contributed by atoms with Crippen LogP contribution in [0.5, 0.6) is 5.75 Å². The summed E-state index contributed by atoms with van der Waals surface area (Å²) in [5.74, 6) is 0.497. The summed E-state index contributed by atoms with van der Waals surface area (Å²) in [6.45, 7) is 4.31. The van der Waals surface area contributed by atoms with E-state index in [0.29, 0.717) is 39.5 Å². The number of esters is 1. The van der Waals surface area contributed by atoms with Crippen molar-refractivity contribution in [3.05, 3.63) is 88.5 Å². The Morgan fingerprint density at radius 2 is 1.79 bits per heavy atom. The van der Waals surface area contributed by atoms with Gasteiger partial charge < -0.3 is 19.0 Å². The summed E-state index contributed by atoms with van der Waals surface area (Å²) in [6.07, 6.45) is 1.62. The average Bonchev–Trinajstić information content (AvgIpc) is 3.41. The van der Waals surface area contributed by atoms with Gasteiger partial charge in [-0.3, -0.25) is 0 Å². The monoisotopic (exact) mass is 479 g/mol. The highest BCUT2D eigenvalue weighted by Crippen LogP contribution is 2.40. The Labute approximate surface area is 200 Å². The number of aliphatic imine (C=N–C) groups is 1. The molecule has 0 atom stereocenters. The lowest BCUT2D eigenvalue weighted by Crippen LogP contribution is -2.12. The van der Waals surface area contributed by atoms with Crippen LogP contribution in [0.1, 0.15) is 19.6 Å². The first-order valence-corrected chi connectivity index (χ1v) is 11.5. The fraction of sp³-hybridized carbons (Fsp3) is 0.154. The van der Waals surface area contributed by atoms with E-state index in [9.17, 15) is 14.3 Å². The number of rotatable bonds is 7. The molecule has 3 aromatic rings. The van der Waals surface area contributed by atoms with Crippen LogP contribution in [0.2, 0.25) is 0 Å². The van der Waals surface area contributed by atoms with Crippen LogP contribution in [0.4, 0.5) is 10.1 Å². The van der Waals surface area contributed by atoms with Crippen LogP contribution in [0.15, 0.2) is 86.3 Å². The van der Waals surface area contributed by atoms with Gasteiger partial charge in [0.1, 0.15) is 39.5 Å². The van der Waals surface area contributed by atoms with Crippen LogP contribution in [0, 0.1) is 5.82 Å². The summed E-state index contributed by atoms with van der Waals surface area (Å²) >= 11 is 1.14. The van der Waals surface area contributed by atoms with E-state index in [1.165, 1.54) is 12.1 Å². The number of furan rings is 1. The molecule has 174 valence electrons. The summed E-state index contributed by atoms with van der Waals surface area (Å²) in [6, 6.07) is 16.5. The van der Waals surface area contributed by atoms with Gasteiger partial charge in [-0.2, -0.15) is 0 Å². The molecule has 0 saturated carbocycles. The number of nitrogens with zero attached hydrogens (tertiary/aromatic N) is 1. The molecule has 6 nitrogen and oxygen atoms in total. The lowest BCUT2D eigenvalue weighted by molar-refractivity contribution is -0.138. The van der Waals surface area contributed by atoms with Crippen molar-refractivity contribution in [2.45, 2.75) is 13.8 Å². The van der Waals surface area contributed by atoms with Gasteiger partial charge in [-0.05, 0) is 80.6 Å². The minimum absolute atomic E-state index is 0.00250. The molecule has 0 radical (unpaired) electrons. The number of thioether (sulfide) groups is 1. The van der Waals surface area contributed by atoms with E-state index < -0.39 is 5.97 Å². The Balaban J connectivity index is 1.65. The van der Waals surface area contributed by atoms with Crippen LogP contribution in [0.25, 0.3) is 17.4 Å². The third-order valence-corrected chi connectivity index (χ3v) is 5.80. The fourth-order valence-electron chi connectivity index (χ4n) is 3.22. The number of ether oxygens (including phenoxy) is 2. The van der Waals surface area contributed by atoms with E-state index in [2.05, 4.69) is 4.99 Å². The molecule has 1 aromatic heterocycles. The van der Waals surface area contributed by atoms with Gasteiger partial charge in [0.2, 0.25) is 0 Å². The molecule has 4 rings (SSSR count). The molecule has 0 amide bonds. The first kappa shape index (κ1) is 23.4. The second-order valence-electron chi connectivity index (χ2n) is 7.11. The summed E-state index contributed by atoms with van der Waals surface area (Å²) < 4.78 is 29.6. The molecule has 1 aliphatic rings. The van der Waals surface area contributed by atoms with E-state index in [0.717, 1.165) is 17.3 Å². The summed E-state index contributed by atoms with van der Waals surface area (Å²) in [7, 11) is 0. The second-order valence-corrected chi connectivity index (χ2v) is 8.14. The van der Waals surface area contributed by atoms with Crippen LogP contribution < -0.4 is 4.74 Å². The van der Waals surface area contributed by atoms with Crippen molar-refractivity contribution >= 4 is 34.5 Å². The van der Waals surface area contributed by atoms with Crippen LogP contribution in [0.3, 0.4) is 0 Å². The van der Waals surface area contributed by atoms with Crippen molar-refractivity contribution in [3.8, 4) is 17.1 Å². The highest BCUT2D eigenvalue weighted by Gasteiger charge is 2.33. The quantitative estimate of drug-likeness (QED) is 0.381. The van der Waals surface area contributed by atoms with Gasteiger partial charge in [-0.1, -0.05) is 11.8 Å². The van der Waals surface area contributed by atoms with E-state index in [1.54, 1.807) is 61.5 Å². The summed E-state index contributed by atoms with van der Waals surface area (Å²) in [5, 5.41) is 11.1. The number of benzene rings is 2. The average molecular weight is 480 g/mol. The molecular weight excluding hydrogens is 457 g/mol. The first-order chi connectivity index (χ1) is 16.5. The van der Waals surface area contributed by atoms with Crippen molar-refractivity contribution < 1.29 is 28.2 Å². The lowest BCUT2D eigenvalue weighted by Gasteiger charge is -2.05. The minimum Gasteiger partial charge on any atom is -0.506 e. The van der Waals surface area contributed by atoms with Gasteiger partial charge in [0.15, 0.2) is 0 Å². The summed E-state index contributed by atoms with van der Waals surface area (Å²) in [5.41, 5.74) is 1.31. The zero-order chi connectivity index (χ0) is 24.1. The van der Waals surface area contributed by atoms with Crippen molar-refractivity contribution in [2.24, 2.45) is 4.99 Å². The molecular formula is C26H22FNO5S. The van der Waals surface area contributed by atoms with Crippen molar-refractivity contribution in [1.82, 2.24) is 0 Å².